The quantitative estimate of drug-likeness (QED) is 0.912. The lowest BCUT2D eigenvalue weighted by molar-refractivity contribution is 0.0943. The largest absolute Gasteiger partial charge is 0.494 e. The van der Waals surface area contributed by atoms with Gasteiger partial charge < -0.3 is 10.1 Å². The Morgan fingerprint density at radius 3 is 2.73 bits per heavy atom. The number of amides is 1. The zero-order valence-corrected chi connectivity index (χ0v) is 12.9. The maximum atomic E-state index is 12.2. The number of aromatic nitrogens is 2. The average molecular weight is 301 g/mol. The predicted molar refractivity (Wildman–Crippen MR) is 83.7 cm³/mol. The summed E-state index contributed by atoms with van der Waals surface area (Å²) >= 11 is 0. The summed E-state index contributed by atoms with van der Waals surface area (Å²) in [6, 6.07) is 8.63. The molecule has 1 amide bonds. The van der Waals surface area contributed by atoms with Gasteiger partial charge in [0.1, 0.15) is 0 Å². The number of ether oxygens (including phenoxy) is 1. The van der Waals surface area contributed by atoms with Gasteiger partial charge in [-0.15, -0.1) is 0 Å². The number of carbonyl (C=O) groups excluding carboxylic acids is 1. The Labute approximate surface area is 128 Å². The lowest BCUT2D eigenvalue weighted by Crippen LogP contribution is -2.30. The maximum absolute atomic E-state index is 12.2. The Balaban J connectivity index is 2.55. The summed E-state index contributed by atoms with van der Waals surface area (Å²) in [5, 5.41) is 6.93. The second-order valence-corrected chi connectivity index (χ2v) is 4.85. The normalized spacial score (nSPS) is 10.3. The van der Waals surface area contributed by atoms with Crippen LogP contribution in [0.3, 0.4) is 0 Å². The number of nitrogens with zero attached hydrogens (tertiary/aromatic N) is 2. The fraction of sp³-hybridized carbons (Fsp3) is 0.312. The van der Waals surface area contributed by atoms with Crippen molar-refractivity contribution in [1.82, 2.24) is 15.1 Å². The van der Waals surface area contributed by atoms with E-state index in [2.05, 4.69) is 10.4 Å². The van der Waals surface area contributed by atoms with E-state index in [9.17, 15) is 9.59 Å². The van der Waals surface area contributed by atoms with Crippen LogP contribution >= 0.6 is 0 Å². The summed E-state index contributed by atoms with van der Waals surface area (Å²) in [7, 11) is 1.41. The minimum Gasteiger partial charge on any atom is -0.494 e. The molecule has 0 radical (unpaired) electrons. The molecule has 0 aliphatic rings. The van der Waals surface area contributed by atoms with Gasteiger partial charge in [0.2, 0.25) is 0 Å². The highest BCUT2D eigenvalue weighted by molar-refractivity contribution is 5.94. The molecule has 1 aromatic carbocycles. The van der Waals surface area contributed by atoms with E-state index in [0.717, 1.165) is 12.0 Å². The van der Waals surface area contributed by atoms with Crippen LogP contribution in [0.25, 0.3) is 5.69 Å². The first kappa shape index (κ1) is 15.8. The molecule has 0 saturated heterocycles. The van der Waals surface area contributed by atoms with E-state index in [4.69, 9.17) is 4.74 Å². The molecule has 0 unspecified atom stereocenters. The Morgan fingerprint density at radius 2 is 2.09 bits per heavy atom. The van der Waals surface area contributed by atoms with Crippen molar-refractivity contribution >= 4 is 5.91 Å². The zero-order chi connectivity index (χ0) is 16.1. The van der Waals surface area contributed by atoms with Gasteiger partial charge in [0.05, 0.1) is 18.9 Å². The fourth-order valence-electron chi connectivity index (χ4n) is 2.05. The number of benzene rings is 1. The van der Waals surface area contributed by atoms with E-state index in [0.29, 0.717) is 12.2 Å². The topological polar surface area (TPSA) is 73.2 Å². The second-order valence-electron chi connectivity index (χ2n) is 4.85. The number of methoxy groups -OCH3 is 1. The molecule has 1 aromatic heterocycles. The average Bonchev–Trinajstić information content (AvgIpc) is 2.53. The number of hydrogen-bond acceptors (Lipinski definition) is 4. The Hall–Kier alpha value is -2.63. The summed E-state index contributed by atoms with van der Waals surface area (Å²) in [6.45, 7) is 4.37. The van der Waals surface area contributed by atoms with Crippen LogP contribution in [0.4, 0.5) is 0 Å². The van der Waals surface area contributed by atoms with Gasteiger partial charge in [0, 0.05) is 6.54 Å². The molecule has 6 heteroatoms. The van der Waals surface area contributed by atoms with Crippen molar-refractivity contribution in [1.29, 1.82) is 0 Å². The molecule has 2 rings (SSSR count). The van der Waals surface area contributed by atoms with Crippen molar-refractivity contribution in [2.45, 2.75) is 20.3 Å². The van der Waals surface area contributed by atoms with Gasteiger partial charge in [-0.25, -0.2) is 0 Å². The standard InChI is InChI=1S/C16H19N3O3/c1-4-9-17-16(21)15-13(22-3)10-14(20)19(18-15)12-8-6-5-7-11(12)2/h5-8,10H,4,9H2,1-3H3,(H,17,21). The van der Waals surface area contributed by atoms with Gasteiger partial charge in [-0.1, -0.05) is 25.1 Å². The molecular formula is C16H19N3O3. The fourth-order valence-corrected chi connectivity index (χ4v) is 2.05. The first-order valence-electron chi connectivity index (χ1n) is 7.11. The highest BCUT2D eigenvalue weighted by Crippen LogP contribution is 2.16. The van der Waals surface area contributed by atoms with Crippen molar-refractivity contribution in [3.63, 3.8) is 0 Å². The molecule has 0 bridgehead atoms. The first-order valence-corrected chi connectivity index (χ1v) is 7.11. The van der Waals surface area contributed by atoms with Crippen molar-refractivity contribution in [3.8, 4) is 11.4 Å². The van der Waals surface area contributed by atoms with Gasteiger partial charge in [0.15, 0.2) is 11.4 Å². The van der Waals surface area contributed by atoms with Crippen LogP contribution in [-0.2, 0) is 0 Å². The molecule has 6 nitrogen and oxygen atoms in total. The third-order valence-corrected chi connectivity index (χ3v) is 3.21. The number of rotatable bonds is 5. The second kappa shape index (κ2) is 6.89. The van der Waals surface area contributed by atoms with E-state index in [1.54, 1.807) is 6.07 Å². The lowest BCUT2D eigenvalue weighted by Gasteiger charge is -2.12. The van der Waals surface area contributed by atoms with Crippen molar-refractivity contribution in [3.05, 3.63) is 51.9 Å². The predicted octanol–water partition coefficient (Wildman–Crippen LogP) is 1.69. The van der Waals surface area contributed by atoms with E-state index in [-0.39, 0.29) is 22.9 Å². The zero-order valence-electron chi connectivity index (χ0n) is 12.9. The molecule has 0 saturated carbocycles. The SMILES string of the molecule is CCCNC(=O)c1nn(-c2ccccc2C)c(=O)cc1OC. The van der Waals surface area contributed by atoms with Gasteiger partial charge in [-0.05, 0) is 25.0 Å². The molecule has 0 aliphatic carbocycles. The minimum atomic E-state index is -0.360. The van der Waals surface area contributed by atoms with E-state index < -0.39 is 0 Å². The molecule has 2 aromatic rings. The molecule has 0 fully saturated rings. The minimum absolute atomic E-state index is 0.0961. The molecule has 1 heterocycles. The van der Waals surface area contributed by atoms with Gasteiger partial charge >= 0.3 is 0 Å². The van der Waals surface area contributed by atoms with Gasteiger partial charge in [-0.2, -0.15) is 9.78 Å². The van der Waals surface area contributed by atoms with Crippen LogP contribution in [0.1, 0.15) is 29.4 Å². The number of carbonyl (C=O) groups is 1. The molecule has 0 spiro atoms. The summed E-state index contributed by atoms with van der Waals surface area (Å²) in [4.78, 5) is 24.4. The Kier molecular flexibility index (Phi) is 4.93. The van der Waals surface area contributed by atoms with Crippen molar-refractivity contribution in [2.24, 2.45) is 0 Å². The molecular weight excluding hydrogens is 282 g/mol. The van der Waals surface area contributed by atoms with Crippen LogP contribution in [-0.4, -0.2) is 29.3 Å². The lowest BCUT2D eigenvalue weighted by atomic mass is 10.2. The van der Waals surface area contributed by atoms with Crippen LogP contribution in [0.2, 0.25) is 0 Å². The van der Waals surface area contributed by atoms with Crippen LogP contribution in [0, 0.1) is 6.92 Å². The van der Waals surface area contributed by atoms with E-state index >= 15 is 0 Å². The third-order valence-electron chi connectivity index (χ3n) is 3.21. The van der Waals surface area contributed by atoms with E-state index in [1.165, 1.54) is 17.9 Å². The molecule has 22 heavy (non-hydrogen) atoms. The summed E-state index contributed by atoms with van der Waals surface area (Å²) in [5.41, 5.74) is 1.28. The Morgan fingerprint density at radius 1 is 1.36 bits per heavy atom. The van der Waals surface area contributed by atoms with Crippen molar-refractivity contribution in [2.75, 3.05) is 13.7 Å². The third kappa shape index (κ3) is 3.16. The number of nitrogens with one attached hydrogen (secondary N) is 1. The van der Waals surface area contributed by atoms with Crippen LogP contribution < -0.4 is 15.6 Å². The summed E-state index contributed by atoms with van der Waals surface area (Å²) in [5.74, 6) is -0.190. The molecule has 0 aliphatic heterocycles. The highest BCUT2D eigenvalue weighted by Gasteiger charge is 2.18. The van der Waals surface area contributed by atoms with Crippen LogP contribution in [0.15, 0.2) is 35.1 Å². The summed E-state index contributed by atoms with van der Waals surface area (Å²) < 4.78 is 6.33. The van der Waals surface area contributed by atoms with Crippen LogP contribution in [0.5, 0.6) is 5.75 Å². The smallest absolute Gasteiger partial charge is 0.275 e. The molecule has 116 valence electrons. The molecule has 0 atom stereocenters. The van der Waals surface area contributed by atoms with Crippen molar-refractivity contribution < 1.29 is 9.53 Å². The van der Waals surface area contributed by atoms with Gasteiger partial charge in [-0.3, -0.25) is 9.59 Å². The highest BCUT2D eigenvalue weighted by atomic mass is 16.5. The van der Waals surface area contributed by atoms with Gasteiger partial charge in [0.25, 0.3) is 11.5 Å². The number of hydrogen-bond donors (Lipinski definition) is 1. The number of para-hydroxylation sites is 1. The maximum Gasteiger partial charge on any atom is 0.275 e. The number of aryl methyl sites for hydroxylation is 1. The monoisotopic (exact) mass is 301 g/mol. The Bertz CT molecular complexity index is 738. The summed E-state index contributed by atoms with van der Waals surface area (Å²) in [6.07, 6.45) is 0.811. The molecule has 1 N–H and O–H groups in total. The first-order chi connectivity index (χ1) is 10.6. The van der Waals surface area contributed by atoms with E-state index in [1.807, 2.05) is 32.0 Å².